The third-order valence-corrected chi connectivity index (χ3v) is 6.33. The second-order valence-corrected chi connectivity index (χ2v) is 8.86. The van der Waals surface area contributed by atoms with E-state index >= 15 is 0 Å². The maximum absolute atomic E-state index is 6.49. The average molecular weight is 460 g/mol. The first-order valence-corrected chi connectivity index (χ1v) is 11.3. The quantitative estimate of drug-likeness (QED) is 0.473. The van der Waals surface area contributed by atoms with Gasteiger partial charge in [-0.1, -0.05) is 30.3 Å². The number of anilines is 2. The lowest BCUT2D eigenvalue weighted by molar-refractivity contribution is 0.312. The number of aryl methyl sites for hydroxylation is 1. The average Bonchev–Trinajstić information content (AvgIpc) is 3.26. The third-order valence-electron chi connectivity index (χ3n) is 6.03. The Morgan fingerprint density at radius 2 is 1.76 bits per heavy atom. The van der Waals surface area contributed by atoms with Gasteiger partial charge in [-0.05, 0) is 36.2 Å². The van der Waals surface area contributed by atoms with Gasteiger partial charge in [-0.25, -0.2) is 9.97 Å². The first-order chi connectivity index (χ1) is 16.0. The Kier molecular flexibility index (Phi) is 5.74. The van der Waals surface area contributed by atoms with Gasteiger partial charge >= 0.3 is 0 Å². The maximum Gasteiger partial charge on any atom is 0.130 e. The second kappa shape index (κ2) is 8.84. The number of halogens is 1. The minimum atomic E-state index is 0.560. The molecule has 8 heteroatoms. The summed E-state index contributed by atoms with van der Waals surface area (Å²) < 4.78 is 1.80. The zero-order valence-electron chi connectivity index (χ0n) is 18.8. The Hall–Kier alpha value is -3.42. The molecule has 5 rings (SSSR count). The molecule has 0 bridgehead atoms. The Morgan fingerprint density at radius 3 is 2.52 bits per heavy atom. The van der Waals surface area contributed by atoms with Crippen LogP contribution in [0.2, 0.25) is 5.02 Å². The van der Waals surface area contributed by atoms with Crippen molar-refractivity contribution >= 4 is 39.7 Å². The van der Waals surface area contributed by atoms with Crippen LogP contribution in [0, 0.1) is 0 Å². The number of hydrogen-bond acceptors (Lipinski definition) is 6. The van der Waals surface area contributed by atoms with E-state index in [0.717, 1.165) is 59.5 Å². The van der Waals surface area contributed by atoms with Crippen molar-refractivity contribution in [1.29, 1.82) is 0 Å². The monoisotopic (exact) mass is 459 g/mol. The molecule has 0 radical (unpaired) electrons. The normalized spacial score (nSPS) is 14.6. The van der Waals surface area contributed by atoms with Crippen LogP contribution in [-0.2, 0) is 7.05 Å². The van der Waals surface area contributed by atoms with Gasteiger partial charge in [-0.3, -0.25) is 4.68 Å². The minimum absolute atomic E-state index is 0.560. The van der Waals surface area contributed by atoms with Gasteiger partial charge < -0.3 is 15.1 Å². The van der Waals surface area contributed by atoms with Crippen molar-refractivity contribution in [3.63, 3.8) is 0 Å². The number of likely N-dealkylation sites (N-methyl/N-ethyl adjacent to an activating group) is 1. The van der Waals surface area contributed by atoms with Crippen LogP contribution < -0.4 is 10.2 Å². The molecular weight excluding hydrogens is 434 g/mol. The third kappa shape index (κ3) is 4.55. The summed E-state index contributed by atoms with van der Waals surface area (Å²) in [6.45, 7) is 8.14. The molecule has 1 aromatic carbocycles. The highest BCUT2D eigenvalue weighted by Crippen LogP contribution is 2.29. The van der Waals surface area contributed by atoms with Crippen LogP contribution in [0.15, 0.2) is 61.7 Å². The van der Waals surface area contributed by atoms with Crippen LogP contribution in [0.1, 0.15) is 5.56 Å². The number of aromatic nitrogens is 4. The lowest BCUT2D eigenvalue weighted by atomic mass is 10.0. The molecule has 1 fully saturated rings. The Bertz CT molecular complexity index is 1320. The van der Waals surface area contributed by atoms with E-state index in [1.807, 2.05) is 37.8 Å². The second-order valence-electron chi connectivity index (χ2n) is 8.45. The van der Waals surface area contributed by atoms with E-state index in [-0.39, 0.29) is 0 Å². The zero-order valence-corrected chi connectivity index (χ0v) is 19.5. The Labute approximate surface area is 198 Å². The van der Waals surface area contributed by atoms with Crippen molar-refractivity contribution in [2.75, 3.05) is 43.4 Å². The van der Waals surface area contributed by atoms with Crippen LogP contribution in [0.5, 0.6) is 0 Å². The van der Waals surface area contributed by atoms with Crippen molar-refractivity contribution in [2.24, 2.45) is 7.05 Å². The highest BCUT2D eigenvalue weighted by molar-refractivity contribution is 6.32. The van der Waals surface area contributed by atoms with Gasteiger partial charge in [0.25, 0.3) is 0 Å². The van der Waals surface area contributed by atoms with Gasteiger partial charge in [-0.2, -0.15) is 5.10 Å². The highest BCUT2D eigenvalue weighted by atomic mass is 35.5. The van der Waals surface area contributed by atoms with Gasteiger partial charge in [0.05, 0.1) is 11.2 Å². The van der Waals surface area contributed by atoms with Crippen molar-refractivity contribution < 1.29 is 0 Å². The fourth-order valence-corrected chi connectivity index (χ4v) is 4.27. The molecule has 1 N–H and O–H groups in total. The lowest BCUT2D eigenvalue weighted by Crippen LogP contribution is -2.44. The minimum Gasteiger partial charge on any atom is -0.354 e. The van der Waals surface area contributed by atoms with Crippen LogP contribution in [0.3, 0.4) is 0 Å². The van der Waals surface area contributed by atoms with E-state index in [2.05, 4.69) is 62.0 Å². The molecule has 4 heterocycles. The van der Waals surface area contributed by atoms with Crippen molar-refractivity contribution in [3.05, 3.63) is 72.3 Å². The summed E-state index contributed by atoms with van der Waals surface area (Å²) in [6, 6.07) is 10.3. The zero-order chi connectivity index (χ0) is 22.9. The molecule has 33 heavy (non-hydrogen) atoms. The predicted octanol–water partition coefficient (Wildman–Crippen LogP) is 4.52. The van der Waals surface area contributed by atoms with Gasteiger partial charge in [-0.15, -0.1) is 0 Å². The molecule has 1 aliphatic heterocycles. The maximum atomic E-state index is 6.49. The van der Waals surface area contributed by atoms with Gasteiger partial charge in [0.15, 0.2) is 0 Å². The SMILES string of the molecule is C=C(Nc1cc2cc(-c3cnn(C)c3)ccc2cn1)c1cc(N2CCN(C)CC2)ncc1Cl. The number of rotatable bonds is 5. The number of nitrogens with zero attached hydrogens (tertiary/aromatic N) is 6. The van der Waals surface area contributed by atoms with Gasteiger partial charge in [0.2, 0.25) is 0 Å². The number of hydrogen-bond donors (Lipinski definition) is 1. The molecule has 0 saturated carbocycles. The van der Waals surface area contributed by atoms with Crippen molar-refractivity contribution in [3.8, 4) is 11.1 Å². The summed E-state index contributed by atoms with van der Waals surface area (Å²) in [6.07, 6.45) is 7.44. The van der Waals surface area contributed by atoms with Crippen LogP contribution in [-0.4, -0.2) is 57.9 Å². The standard InChI is InChI=1S/C25H26ClN7/c1-17(22-12-25(28-15-23(22)26)33-8-6-31(2)7-9-33)30-24-11-20-10-18(4-5-19(20)13-27-24)21-14-29-32(3)16-21/h4-5,10-16H,1,6-9H2,2-3H3,(H,27,30). The Balaban J connectivity index is 1.39. The molecule has 7 nitrogen and oxygen atoms in total. The number of piperazine rings is 1. The summed E-state index contributed by atoms with van der Waals surface area (Å²) in [5.74, 6) is 1.63. The summed E-state index contributed by atoms with van der Waals surface area (Å²) in [7, 11) is 4.06. The Morgan fingerprint density at radius 1 is 0.939 bits per heavy atom. The molecule has 1 saturated heterocycles. The van der Waals surface area contributed by atoms with E-state index in [9.17, 15) is 0 Å². The van der Waals surface area contributed by atoms with Crippen LogP contribution in [0.25, 0.3) is 27.6 Å². The first-order valence-electron chi connectivity index (χ1n) is 10.9. The lowest BCUT2D eigenvalue weighted by Gasteiger charge is -2.33. The van der Waals surface area contributed by atoms with E-state index in [0.29, 0.717) is 16.5 Å². The van der Waals surface area contributed by atoms with E-state index in [1.54, 1.807) is 10.9 Å². The van der Waals surface area contributed by atoms with E-state index in [1.165, 1.54) is 0 Å². The predicted molar refractivity (Wildman–Crippen MR) is 136 cm³/mol. The molecule has 0 aliphatic carbocycles. The van der Waals surface area contributed by atoms with Crippen molar-refractivity contribution in [1.82, 2.24) is 24.6 Å². The number of nitrogens with one attached hydrogen (secondary N) is 1. The molecular formula is C25H26ClN7. The molecule has 0 amide bonds. The molecule has 0 unspecified atom stereocenters. The fraction of sp³-hybridized carbons (Fsp3) is 0.240. The highest BCUT2D eigenvalue weighted by Gasteiger charge is 2.17. The summed E-state index contributed by atoms with van der Waals surface area (Å²) in [5, 5.41) is 10.3. The summed E-state index contributed by atoms with van der Waals surface area (Å²) in [5.41, 5.74) is 3.70. The summed E-state index contributed by atoms with van der Waals surface area (Å²) in [4.78, 5) is 13.7. The number of benzene rings is 1. The van der Waals surface area contributed by atoms with E-state index < -0.39 is 0 Å². The summed E-state index contributed by atoms with van der Waals surface area (Å²) >= 11 is 6.49. The smallest absolute Gasteiger partial charge is 0.130 e. The number of fused-ring (bicyclic) bond motifs is 1. The molecule has 0 spiro atoms. The molecule has 0 atom stereocenters. The van der Waals surface area contributed by atoms with Gasteiger partial charge in [0.1, 0.15) is 11.6 Å². The van der Waals surface area contributed by atoms with Crippen molar-refractivity contribution in [2.45, 2.75) is 0 Å². The van der Waals surface area contributed by atoms with E-state index in [4.69, 9.17) is 11.6 Å². The van der Waals surface area contributed by atoms with Crippen LogP contribution in [0.4, 0.5) is 11.6 Å². The topological polar surface area (TPSA) is 62.1 Å². The first kappa shape index (κ1) is 21.4. The van der Waals surface area contributed by atoms with Gasteiger partial charge in [0, 0.05) is 74.0 Å². The van der Waals surface area contributed by atoms with Crippen LogP contribution >= 0.6 is 11.6 Å². The molecule has 4 aromatic rings. The molecule has 1 aliphatic rings. The number of pyridine rings is 2. The fourth-order valence-electron chi connectivity index (χ4n) is 4.05. The largest absolute Gasteiger partial charge is 0.354 e. The molecule has 3 aromatic heterocycles. The molecule has 168 valence electrons.